The zero-order valence-corrected chi connectivity index (χ0v) is 46.2. The molecule has 15 rings (SSSR count). The summed E-state index contributed by atoms with van der Waals surface area (Å²) in [5.41, 5.74) is 24.8. The number of hydrogen-bond acceptors (Lipinski definition) is 2. The number of fused-ring (bicyclic) bond motifs is 12. The van der Waals surface area contributed by atoms with E-state index >= 15 is 0 Å². The van der Waals surface area contributed by atoms with Crippen LogP contribution in [-0.4, -0.2) is 23.3 Å². The Labute approximate surface area is 464 Å². The maximum Gasteiger partial charge on any atom is 0.104 e. The molecule has 80 heavy (non-hydrogen) atoms. The average molecular weight is 1030 g/mol. The van der Waals surface area contributed by atoms with Gasteiger partial charge in [0.2, 0.25) is 0 Å². The fourth-order valence-electron chi connectivity index (χ4n) is 13.2. The molecule has 0 bridgehead atoms. The Hall–Kier alpha value is -9.96. The quantitative estimate of drug-likeness (QED) is 0.167. The number of benzene rings is 10. The molecule has 0 atom stereocenters. The summed E-state index contributed by atoms with van der Waals surface area (Å²) in [6, 6.07) is 74.5. The number of hydrogen-bond donors (Lipinski definition) is 0. The summed E-state index contributed by atoms with van der Waals surface area (Å²) in [5.74, 6) is 0. The molecule has 0 aliphatic rings. The molecule has 0 fully saturated rings. The number of nitriles is 1. The minimum atomic E-state index is 0.521. The van der Waals surface area contributed by atoms with Gasteiger partial charge in [0.1, 0.15) is 11.6 Å². The Morgan fingerprint density at radius 2 is 0.575 bits per heavy atom. The van der Waals surface area contributed by atoms with E-state index in [4.69, 9.17) is 4.98 Å². The molecule has 0 unspecified atom stereocenters. The van der Waals surface area contributed by atoms with Gasteiger partial charge in [-0.05, 0) is 165 Å². The second-order valence-corrected chi connectivity index (χ2v) is 22.5. The van der Waals surface area contributed by atoms with Crippen LogP contribution in [0, 0.1) is 66.7 Å². The first-order chi connectivity index (χ1) is 38.9. The van der Waals surface area contributed by atoms with Crippen molar-refractivity contribution in [1.82, 2.24) is 23.3 Å². The van der Waals surface area contributed by atoms with Gasteiger partial charge < -0.3 is 18.3 Å². The number of pyridine rings is 1. The molecule has 0 radical (unpaired) electrons. The van der Waals surface area contributed by atoms with Gasteiger partial charge in [0.05, 0.1) is 83.8 Å². The highest BCUT2D eigenvalue weighted by atomic mass is 15.1. The maximum absolute atomic E-state index is 13.0. The van der Waals surface area contributed by atoms with Crippen molar-refractivity contribution < 1.29 is 0 Å². The van der Waals surface area contributed by atoms with E-state index in [0.29, 0.717) is 5.56 Å². The highest BCUT2D eigenvalue weighted by Gasteiger charge is 2.36. The summed E-state index contributed by atoms with van der Waals surface area (Å²) in [6.07, 6.45) is 0. The number of rotatable bonds is 6. The first kappa shape index (κ1) is 47.3. The van der Waals surface area contributed by atoms with Gasteiger partial charge in [-0.3, -0.25) is 0 Å². The van der Waals surface area contributed by atoms with E-state index in [0.717, 1.165) is 144 Å². The van der Waals surface area contributed by atoms with Crippen molar-refractivity contribution in [3.8, 4) is 51.3 Å². The molecule has 6 heteroatoms. The first-order valence-electron chi connectivity index (χ1n) is 27.7. The Morgan fingerprint density at radius 3 is 0.900 bits per heavy atom. The van der Waals surface area contributed by atoms with Crippen LogP contribution in [0.5, 0.6) is 0 Å². The van der Waals surface area contributed by atoms with Crippen molar-refractivity contribution in [2.45, 2.75) is 55.4 Å². The van der Waals surface area contributed by atoms with Crippen LogP contribution in [0.1, 0.15) is 50.1 Å². The van der Waals surface area contributed by atoms with Gasteiger partial charge in [-0.2, -0.15) is 5.26 Å². The van der Waals surface area contributed by atoms with Gasteiger partial charge in [-0.1, -0.05) is 129 Å². The summed E-state index contributed by atoms with van der Waals surface area (Å²) in [5, 5.41) is 22.1. The topological polar surface area (TPSA) is 56.4 Å². The molecule has 10 aromatic carbocycles. The van der Waals surface area contributed by atoms with E-state index in [1.54, 1.807) is 0 Å². The van der Waals surface area contributed by atoms with Crippen molar-refractivity contribution in [1.29, 1.82) is 5.26 Å². The SMILES string of the molecule is Cc1ccc2c(c1)c1cc(C)ccc1n2-c1c(C#N)c(-n2c3ccc(C)cc3c3cc(C)ccc32)c(-n2c3ccc(C)cc3c3cc(C)ccc32)c(-n2c3ccc(C)cc3c3cc(C)ccc32)c1-c1cccc(-c2ccccc2)n1. The van der Waals surface area contributed by atoms with Crippen molar-refractivity contribution in [3.05, 3.63) is 244 Å². The van der Waals surface area contributed by atoms with Crippen LogP contribution in [0.15, 0.2) is 194 Å². The molecule has 15 aromatic rings. The van der Waals surface area contributed by atoms with Crippen LogP contribution in [0.25, 0.3) is 132 Å². The molecular formula is C74H56N6. The zero-order valence-electron chi connectivity index (χ0n) is 46.2. The smallest absolute Gasteiger partial charge is 0.104 e. The zero-order chi connectivity index (χ0) is 54.4. The van der Waals surface area contributed by atoms with Gasteiger partial charge in [0.25, 0.3) is 0 Å². The third-order valence-electron chi connectivity index (χ3n) is 16.8. The molecule has 6 nitrogen and oxygen atoms in total. The third-order valence-corrected chi connectivity index (χ3v) is 16.8. The molecule has 0 aliphatic carbocycles. The Bertz CT molecular complexity index is 4980. The van der Waals surface area contributed by atoms with Gasteiger partial charge >= 0.3 is 0 Å². The Kier molecular flexibility index (Phi) is 10.4. The van der Waals surface area contributed by atoms with E-state index < -0.39 is 0 Å². The summed E-state index contributed by atoms with van der Waals surface area (Å²) < 4.78 is 9.83. The molecule has 0 aliphatic heterocycles. The van der Waals surface area contributed by atoms with Crippen molar-refractivity contribution in [3.63, 3.8) is 0 Å². The lowest BCUT2D eigenvalue weighted by Gasteiger charge is -2.29. The minimum absolute atomic E-state index is 0.521. The Balaban J connectivity index is 1.32. The van der Waals surface area contributed by atoms with Crippen LogP contribution in [0.4, 0.5) is 0 Å². The average Bonchev–Trinajstić information content (AvgIpc) is 4.17. The lowest BCUT2D eigenvalue weighted by atomic mass is 9.95. The van der Waals surface area contributed by atoms with Gasteiger partial charge in [0, 0.05) is 48.7 Å². The maximum atomic E-state index is 13.0. The summed E-state index contributed by atoms with van der Waals surface area (Å²) in [4.78, 5) is 5.84. The van der Waals surface area contributed by atoms with Crippen molar-refractivity contribution in [2.75, 3.05) is 0 Å². The number of nitrogens with zero attached hydrogens (tertiary/aromatic N) is 6. The molecule has 5 heterocycles. The summed E-state index contributed by atoms with van der Waals surface area (Å²) in [6.45, 7) is 17.4. The van der Waals surface area contributed by atoms with Crippen LogP contribution >= 0.6 is 0 Å². The van der Waals surface area contributed by atoms with E-state index in [1.165, 1.54) is 33.4 Å². The highest BCUT2D eigenvalue weighted by Crippen LogP contribution is 2.52. The molecule has 5 aromatic heterocycles. The summed E-state index contributed by atoms with van der Waals surface area (Å²) in [7, 11) is 0. The lowest BCUT2D eigenvalue weighted by molar-refractivity contribution is 1.03. The van der Waals surface area contributed by atoms with Gasteiger partial charge in [0.15, 0.2) is 0 Å². The fourth-order valence-corrected chi connectivity index (χ4v) is 13.2. The number of aryl methyl sites for hydroxylation is 8. The molecule has 0 spiro atoms. The number of aromatic nitrogens is 5. The van der Waals surface area contributed by atoms with Crippen LogP contribution in [0.3, 0.4) is 0 Å². The second kappa shape index (κ2) is 17.5. The Morgan fingerprint density at radius 1 is 0.287 bits per heavy atom. The van der Waals surface area contributed by atoms with Crippen molar-refractivity contribution >= 4 is 87.2 Å². The van der Waals surface area contributed by atoms with Crippen LogP contribution in [0.2, 0.25) is 0 Å². The predicted octanol–water partition coefficient (Wildman–Crippen LogP) is 19.1. The fraction of sp³-hybridized carbons (Fsp3) is 0.108. The van der Waals surface area contributed by atoms with Crippen molar-refractivity contribution in [2.24, 2.45) is 0 Å². The monoisotopic (exact) mass is 1030 g/mol. The minimum Gasteiger partial charge on any atom is -0.307 e. The van der Waals surface area contributed by atoms with E-state index in [1.807, 2.05) is 0 Å². The van der Waals surface area contributed by atoms with Gasteiger partial charge in [-0.25, -0.2) is 4.98 Å². The van der Waals surface area contributed by atoms with E-state index in [2.05, 4.69) is 274 Å². The van der Waals surface area contributed by atoms with E-state index in [-0.39, 0.29) is 0 Å². The highest BCUT2D eigenvalue weighted by molar-refractivity contribution is 6.17. The molecule has 0 saturated carbocycles. The van der Waals surface area contributed by atoms with E-state index in [9.17, 15) is 5.26 Å². The lowest BCUT2D eigenvalue weighted by Crippen LogP contribution is -2.17. The molecule has 382 valence electrons. The largest absolute Gasteiger partial charge is 0.307 e. The predicted molar refractivity (Wildman–Crippen MR) is 335 cm³/mol. The second-order valence-electron chi connectivity index (χ2n) is 22.5. The van der Waals surface area contributed by atoms with Crippen LogP contribution in [-0.2, 0) is 0 Å². The third kappa shape index (κ3) is 6.93. The standard InChI is InChI=1S/C74H56N6/c1-42-17-25-62-51(33-42)52-34-43(2)18-26-63(52)77(62)71-59(41-75)72(78-64-27-19-44(3)35-53(64)54-36-45(4)20-28-65(54)78)74(80-68-31-23-48(7)39-57(68)58-40-49(8)24-32-69(58)80)73(70(71)61-16-12-15-60(76-61)50-13-10-9-11-14-50)79-66-29-21-46(5)37-55(66)56-38-47(6)22-30-67(56)79/h9-40H,1-8H3. The molecule has 0 saturated heterocycles. The molecular weight excluding hydrogens is 973 g/mol. The normalized spacial score (nSPS) is 12.0. The molecule has 0 N–H and O–H groups in total. The first-order valence-corrected chi connectivity index (χ1v) is 27.7. The van der Waals surface area contributed by atoms with Gasteiger partial charge in [-0.15, -0.1) is 0 Å². The summed E-state index contributed by atoms with van der Waals surface area (Å²) >= 11 is 0. The molecule has 0 amide bonds. The van der Waals surface area contributed by atoms with Crippen LogP contribution < -0.4 is 0 Å².